The van der Waals surface area contributed by atoms with Crippen LogP contribution in [0.5, 0.6) is 0 Å². The predicted octanol–water partition coefficient (Wildman–Crippen LogP) is 0.262. The first-order chi connectivity index (χ1) is 26.4. The maximum Gasteiger partial charge on any atom is 2.00 e. The van der Waals surface area contributed by atoms with Crippen molar-refractivity contribution in [3.8, 4) is 0 Å². The van der Waals surface area contributed by atoms with E-state index in [0.717, 1.165) is 27.9 Å². The molecule has 17 heteroatoms. The molecule has 8 bridgehead atoms. The van der Waals surface area contributed by atoms with Crippen molar-refractivity contribution in [1.82, 2.24) is 19.9 Å². The fourth-order valence-corrected chi connectivity index (χ4v) is 9.11. The number of nitrogens with zero attached hydrogens (tertiary/aromatic N) is 4. The third kappa shape index (κ3) is 10.2. The summed E-state index contributed by atoms with van der Waals surface area (Å²) in [5.74, 6) is -4.99. The Morgan fingerprint density at radius 2 is 1.00 bits per heavy atom. The maximum atomic E-state index is 11.6. The zero-order valence-corrected chi connectivity index (χ0v) is 35.0. The minimum absolute atomic E-state index is 0. The van der Waals surface area contributed by atoms with Gasteiger partial charge in [-0.2, -0.15) is 23.5 Å². The Bertz CT molecular complexity index is 2360. The first-order valence-corrected chi connectivity index (χ1v) is 20.1. The number of carbonyl (C=O) groups is 4. The number of hydrogen-bond donors (Lipinski definition) is 2. The van der Waals surface area contributed by atoms with Crippen LogP contribution in [0.15, 0.2) is 24.3 Å². The van der Waals surface area contributed by atoms with Gasteiger partial charge < -0.3 is 61.0 Å². The number of aliphatic carboxylic acids is 4. The number of aryl methyl sites for hydroxylation is 4. The first kappa shape index (κ1) is 45.3. The number of carboxylic acid groups (broad SMARTS) is 4. The van der Waals surface area contributed by atoms with E-state index in [2.05, 4.69) is 0 Å². The van der Waals surface area contributed by atoms with Crippen LogP contribution in [-0.4, -0.2) is 67.9 Å². The zero-order valence-electron chi connectivity index (χ0n) is 36.2. The second-order valence-corrected chi connectivity index (χ2v) is 16.7. The zero-order chi connectivity index (χ0) is 41.2. The summed E-state index contributed by atoms with van der Waals surface area (Å²) in [5.41, 5.74) is 22.0. The van der Waals surface area contributed by atoms with Crippen molar-refractivity contribution >= 4 is 91.8 Å². The van der Waals surface area contributed by atoms with Crippen LogP contribution in [0.4, 0.5) is 0 Å². The van der Waals surface area contributed by atoms with Gasteiger partial charge in [-0.3, -0.25) is 0 Å². The summed E-state index contributed by atoms with van der Waals surface area (Å²) in [5, 5.41) is 45.6. The molecule has 304 valence electrons. The van der Waals surface area contributed by atoms with Gasteiger partial charge in [0.25, 0.3) is 0 Å². The molecule has 0 radical (unpaired) electrons. The topological polar surface area (TPSA) is 267 Å². The Labute approximate surface area is 354 Å². The van der Waals surface area contributed by atoms with Crippen molar-refractivity contribution in [3.63, 3.8) is 0 Å². The number of nitrogens with two attached hydrogens (primary N) is 2. The van der Waals surface area contributed by atoms with E-state index >= 15 is 0 Å². The van der Waals surface area contributed by atoms with Crippen molar-refractivity contribution in [3.05, 3.63) is 69.3 Å². The summed E-state index contributed by atoms with van der Waals surface area (Å²) in [7, 11) is 0. The van der Waals surface area contributed by atoms with Crippen molar-refractivity contribution in [2.24, 2.45) is 11.5 Å². The van der Waals surface area contributed by atoms with Crippen LogP contribution in [-0.2, 0) is 49.1 Å². The van der Waals surface area contributed by atoms with E-state index in [0.29, 0.717) is 61.5 Å². The Balaban J connectivity index is 0.00000720. The van der Waals surface area contributed by atoms with E-state index in [1.807, 2.05) is 59.7 Å². The number of rotatable bonds is 16. The Hall–Kier alpha value is -4.38. The van der Waals surface area contributed by atoms with Gasteiger partial charge in [0.1, 0.15) is 0 Å². The molecule has 0 aliphatic carbocycles. The molecule has 0 amide bonds. The Morgan fingerprint density at radius 3 is 1.39 bits per heavy atom. The van der Waals surface area contributed by atoms with Gasteiger partial charge in [0, 0.05) is 33.9 Å². The third-order valence-electron chi connectivity index (χ3n) is 10.1. The van der Waals surface area contributed by atoms with Crippen LogP contribution in [0.2, 0.25) is 0 Å². The maximum absolute atomic E-state index is 11.6. The summed E-state index contributed by atoms with van der Waals surface area (Å²) >= 11 is 2.68. The summed E-state index contributed by atoms with van der Waals surface area (Å²) in [4.78, 5) is 66.1. The summed E-state index contributed by atoms with van der Waals surface area (Å²) in [6.45, 7) is 11.4. The fraction of sp³-hybridized carbons (Fsp3) is 0.400. The molecule has 3 aromatic heterocycles. The van der Waals surface area contributed by atoms with E-state index in [-0.39, 0.29) is 70.5 Å². The minimum Gasteiger partial charge on any atom is -0.657 e. The van der Waals surface area contributed by atoms with Crippen LogP contribution >= 0.6 is 23.5 Å². The molecule has 0 aromatic carbocycles. The smallest absolute Gasteiger partial charge is 0.657 e. The Kier molecular flexibility index (Phi) is 15.0. The molecule has 5 heterocycles. The molecular formula is C40H46FeN6O8S2. The average molecular weight is 859 g/mol. The fourth-order valence-electron chi connectivity index (χ4n) is 6.91. The van der Waals surface area contributed by atoms with Gasteiger partial charge in [0.05, 0.1) is 46.8 Å². The normalized spacial score (nSPS) is 14.9. The van der Waals surface area contributed by atoms with Crippen LogP contribution in [0.25, 0.3) is 44.4 Å². The van der Waals surface area contributed by atoms with Gasteiger partial charge in [-0.25, -0.2) is 9.97 Å². The number of hydrogen-bond acceptors (Lipinski definition) is 14. The van der Waals surface area contributed by atoms with Crippen molar-refractivity contribution in [2.45, 2.75) is 89.8 Å². The molecular weight excluding hydrogens is 812 g/mol. The standard InChI is InChI=1S/C40H48N6O8S2.Fe/c1-17-23(7-9-35(47)48)31-14-32-24(8-10-36(49)50)18(2)28(44-32)12-33-38(22(6)56-16-26(42)40(53)54)20(4)30(46-33)13-34-37(21(5)55-15-25(41)39(51)52)19(3)29(45-34)11-27(17)43-31;/h11-14,21-22,25-26H,7-10,15-16,41-42H2,1-6H3,(H6,43,44,45,46,47,48,49,50,51,52,53,54);/q;+2/p-2. The van der Waals surface area contributed by atoms with Gasteiger partial charge in [0.2, 0.25) is 0 Å². The van der Waals surface area contributed by atoms with Gasteiger partial charge in [-0.15, -0.1) is 22.1 Å². The van der Waals surface area contributed by atoms with Crippen LogP contribution in [0.3, 0.4) is 0 Å². The molecule has 0 fully saturated rings. The predicted molar refractivity (Wildman–Crippen MR) is 214 cm³/mol. The van der Waals surface area contributed by atoms with Gasteiger partial charge in [0.15, 0.2) is 0 Å². The van der Waals surface area contributed by atoms with Crippen LogP contribution in [0, 0.1) is 13.8 Å². The molecule has 0 spiro atoms. The molecule has 14 nitrogen and oxygen atoms in total. The van der Waals surface area contributed by atoms with E-state index in [1.54, 1.807) is 6.07 Å². The summed E-state index contributed by atoms with van der Waals surface area (Å²) in [6, 6.07) is 4.86. The molecule has 2 aliphatic rings. The largest absolute Gasteiger partial charge is 2.00 e. The monoisotopic (exact) mass is 858 g/mol. The first-order valence-electron chi connectivity index (χ1n) is 18.0. The third-order valence-corrected chi connectivity index (χ3v) is 12.7. The molecule has 0 saturated heterocycles. The molecule has 3 aromatic rings. The minimum atomic E-state index is -1.36. The van der Waals surface area contributed by atoms with Gasteiger partial charge >= 0.3 is 22.8 Å². The number of thioether (sulfide) groups is 2. The quantitative estimate of drug-likeness (QED) is 0.183. The molecule has 0 saturated carbocycles. The number of fused-ring (bicyclic) bond motifs is 8. The molecule has 57 heavy (non-hydrogen) atoms. The van der Waals surface area contributed by atoms with Crippen LogP contribution < -0.4 is 41.9 Å². The number of carboxylic acids is 4. The second kappa shape index (κ2) is 18.9. The molecule has 5 rings (SSSR count). The Morgan fingerprint density at radius 1 is 0.632 bits per heavy atom. The van der Waals surface area contributed by atoms with E-state index in [1.165, 1.54) is 23.5 Å². The average Bonchev–Trinajstić information content (AvgIpc) is 3.80. The van der Waals surface area contributed by atoms with Gasteiger partial charge in [-0.05, 0) is 95.6 Å². The van der Waals surface area contributed by atoms with Gasteiger partial charge in [-0.1, -0.05) is 40.5 Å². The molecule has 4 unspecified atom stereocenters. The molecule has 4 N–H and O–H groups in total. The number of allylic oxidation sites excluding steroid dienone is 2. The summed E-state index contributed by atoms with van der Waals surface area (Å²) < 4.78 is 0. The number of aromatic nitrogens is 4. The van der Waals surface area contributed by atoms with E-state index in [9.17, 15) is 39.6 Å². The number of carbonyl (C=O) groups excluding carboxylic acids is 4. The second-order valence-electron chi connectivity index (χ2n) is 13.9. The molecule has 2 aliphatic heterocycles. The van der Waals surface area contributed by atoms with Crippen molar-refractivity contribution in [2.75, 3.05) is 11.5 Å². The molecule has 4 atom stereocenters. The van der Waals surface area contributed by atoms with E-state index < -0.39 is 36.0 Å². The van der Waals surface area contributed by atoms with Crippen LogP contribution in [0.1, 0.15) is 91.3 Å². The summed E-state index contributed by atoms with van der Waals surface area (Å²) in [6.07, 6.45) is -0.277. The van der Waals surface area contributed by atoms with Crippen molar-refractivity contribution < 1.29 is 62.4 Å². The SMILES string of the molecule is CC1=C(C(C)SCC(N)C(=O)[O-])c2cc3nc(cc4[n-]c(cc5[n-]c(cc1n2)c(C)c5CCC(=O)[O-])c(CCC(=O)[O-])c4C)C(C(C)SCC(N)C(=O)[O-])=C3C.[Fe+2].[H+].[H+].[H+].[H+]. The van der Waals surface area contributed by atoms with Crippen molar-refractivity contribution in [1.29, 1.82) is 0 Å². The van der Waals surface area contributed by atoms with E-state index in [4.69, 9.17) is 31.4 Å².